The van der Waals surface area contributed by atoms with Crippen LogP contribution in [-0.2, 0) is 38.1 Å². The summed E-state index contributed by atoms with van der Waals surface area (Å²) in [7, 11) is 6.98. The van der Waals surface area contributed by atoms with Crippen LogP contribution in [0, 0.1) is 29.6 Å². The molecule has 66 heavy (non-hydrogen) atoms. The molecule has 14 nitrogen and oxygen atoms in total. The summed E-state index contributed by atoms with van der Waals surface area (Å²) >= 11 is 0. The summed E-state index contributed by atoms with van der Waals surface area (Å²) in [6.07, 6.45) is -7.34. The minimum atomic E-state index is -1.74. The van der Waals surface area contributed by atoms with Crippen molar-refractivity contribution in [2.24, 2.45) is 34.7 Å². The van der Waals surface area contributed by atoms with Gasteiger partial charge in [-0.1, -0.05) is 107 Å². The van der Waals surface area contributed by atoms with E-state index in [1.54, 1.807) is 28.1 Å². The second kappa shape index (κ2) is 22.7. The molecule has 3 aliphatic rings. The van der Waals surface area contributed by atoms with Crippen LogP contribution in [0.15, 0.2) is 65.8 Å². The first-order valence-corrected chi connectivity index (χ1v) is 24.0. The van der Waals surface area contributed by atoms with Gasteiger partial charge in [0.15, 0.2) is 18.7 Å². The molecule has 2 heterocycles. The largest absolute Gasteiger partial charge is 0.389 e. The molecule has 14 heteroatoms. The predicted octanol–water partition coefficient (Wildman–Crippen LogP) is 6.70. The van der Waals surface area contributed by atoms with Gasteiger partial charge in [-0.25, -0.2) is 0 Å². The highest BCUT2D eigenvalue weighted by Crippen LogP contribution is 2.43. The lowest BCUT2D eigenvalue weighted by Gasteiger charge is -2.50. The van der Waals surface area contributed by atoms with Crippen molar-refractivity contribution >= 4 is 11.5 Å². The van der Waals surface area contributed by atoms with Gasteiger partial charge in [-0.15, -0.1) is 0 Å². The molecule has 372 valence electrons. The third kappa shape index (κ3) is 11.9. The number of aliphatic hydroxyl groups excluding tert-OH is 3. The van der Waals surface area contributed by atoms with Gasteiger partial charge in [-0.3, -0.25) is 4.79 Å². The molecule has 2 aliphatic heterocycles. The first-order chi connectivity index (χ1) is 31.0. The van der Waals surface area contributed by atoms with E-state index in [-0.39, 0.29) is 37.2 Å². The minimum Gasteiger partial charge on any atom is -0.389 e. The van der Waals surface area contributed by atoms with Crippen LogP contribution < -0.4 is 0 Å². The number of likely N-dealkylation sites (N-methyl/N-ethyl adjacent to an activating group) is 1. The summed E-state index contributed by atoms with van der Waals surface area (Å²) < 4.78 is 39.3. The van der Waals surface area contributed by atoms with E-state index in [2.05, 4.69) is 0 Å². The highest BCUT2D eigenvalue weighted by molar-refractivity contribution is 5.89. The number of methoxy groups -OCH3 is 2. The quantitative estimate of drug-likeness (QED) is 0.166. The van der Waals surface area contributed by atoms with Crippen LogP contribution in [0.2, 0.25) is 0 Å². The zero-order chi connectivity index (χ0) is 48.9. The Morgan fingerprint density at radius 3 is 1.91 bits per heavy atom. The average molecular weight is 927 g/mol. The number of rotatable bonds is 12. The van der Waals surface area contributed by atoms with Crippen LogP contribution in [0.25, 0.3) is 0 Å². The Hall–Kier alpha value is -2.86. The third-order valence-electron chi connectivity index (χ3n) is 15.4. The van der Waals surface area contributed by atoms with E-state index in [0.29, 0.717) is 18.6 Å². The standard InChI is InChI=1S/C52H82N2O12/c1-15-38-27-40(55)32(4)44(64-41-29-50(8,60-13)47(58)35(7)63-41)34(6)48(65-49-43(56)39(54(11)12)26-31(3)62-49)51(9,61-14)28-30(2)42(33(5)46(57)52(38,10)59)53-66-45(36-22-18-16-19-23-36)37-24-20-17-21-25-37/h16-25,30-35,38-39,41,43-49,56-59H,15,26-29H2,1-14H3/b53-42+/t30-,31-,32+,33+,34+,35+,38+,39+,41+,43-,44-,46-,47+,48-,49+,50-,51-,52-/m1/s1. The molecule has 0 spiro atoms. The molecule has 0 bridgehead atoms. The second-order valence-corrected chi connectivity index (χ2v) is 20.5. The molecular weight excluding hydrogens is 845 g/mol. The van der Waals surface area contributed by atoms with Crippen LogP contribution in [0.4, 0.5) is 0 Å². The Bertz CT molecular complexity index is 1810. The number of carbonyl (C=O) groups excluding carboxylic acids is 1. The van der Waals surface area contributed by atoms with Crippen LogP contribution in [-0.4, -0.2) is 143 Å². The summed E-state index contributed by atoms with van der Waals surface area (Å²) in [5.41, 5.74) is -1.73. The molecule has 1 aliphatic carbocycles. The van der Waals surface area contributed by atoms with Gasteiger partial charge in [-0.05, 0) is 78.6 Å². The molecule has 18 atom stereocenters. The zero-order valence-corrected chi connectivity index (χ0v) is 42.0. The molecular formula is C52H82N2O12. The van der Waals surface area contributed by atoms with Crippen molar-refractivity contribution in [3.05, 3.63) is 71.8 Å². The normalized spacial score (nSPS) is 41.8. The number of carbonyl (C=O) groups is 1. The van der Waals surface area contributed by atoms with Gasteiger partial charge in [0.1, 0.15) is 18.0 Å². The molecule has 0 unspecified atom stereocenters. The SMILES string of the molecule is CC[C@H]1CC(=O)[C@H](C)[C@@H](O[C@H]2C[C@@](C)(OC)[C@@H](O)[C@H](C)O2)[C@H](C)[C@@H](O[C@@H]2O[C@H](C)C[C@H](N(C)C)[C@H]2O)[C@](C)(OC)C[C@@H](C)/C(=N\OC(c2ccccc2)c2ccccc2)[C@H](C)[C@@H](O)[C@]1(C)O. The Kier molecular flexibility index (Phi) is 18.6. The highest BCUT2D eigenvalue weighted by atomic mass is 16.7. The van der Waals surface area contributed by atoms with Crippen LogP contribution in [0.5, 0.6) is 0 Å². The van der Waals surface area contributed by atoms with Crippen molar-refractivity contribution in [2.75, 3.05) is 28.3 Å². The van der Waals surface area contributed by atoms with Crippen LogP contribution >= 0.6 is 0 Å². The first kappa shape index (κ1) is 54.1. The Morgan fingerprint density at radius 1 is 0.803 bits per heavy atom. The molecule has 4 N–H and O–H groups in total. The number of hydrogen-bond donors (Lipinski definition) is 4. The first-order valence-electron chi connectivity index (χ1n) is 24.0. The van der Waals surface area contributed by atoms with Crippen LogP contribution in [0.1, 0.15) is 119 Å². The lowest BCUT2D eigenvalue weighted by atomic mass is 9.69. The van der Waals surface area contributed by atoms with Crippen LogP contribution in [0.3, 0.4) is 0 Å². The summed E-state index contributed by atoms with van der Waals surface area (Å²) in [6.45, 7) is 18.5. The zero-order valence-electron chi connectivity index (χ0n) is 42.0. The van der Waals surface area contributed by atoms with E-state index in [0.717, 1.165) is 11.1 Å². The number of Topliss-reactive ketones (excluding diaryl/α,β-unsaturated/α-hetero) is 1. The number of hydrogen-bond acceptors (Lipinski definition) is 14. The number of benzene rings is 2. The maximum atomic E-state index is 14.9. The Morgan fingerprint density at radius 2 is 1.38 bits per heavy atom. The monoisotopic (exact) mass is 927 g/mol. The minimum absolute atomic E-state index is 0.0698. The fourth-order valence-corrected chi connectivity index (χ4v) is 10.9. The van der Waals surface area contributed by atoms with Gasteiger partial charge in [-0.2, -0.15) is 0 Å². The Balaban J connectivity index is 1.69. The molecule has 0 radical (unpaired) electrons. The van der Waals surface area contributed by atoms with Gasteiger partial charge in [0.25, 0.3) is 0 Å². The summed E-state index contributed by atoms with van der Waals surface area (Å²) in [6, 6.07) is 19.3. The van der Waals surface area contributed by atoms with Crippen molar-refractivity contribution in [2.45, 2.75) is 186 Å². The molecule has 0 amide bonds. The molecule has 5 rings (SSSR count). The number of oxime groups is 1. The topological polar surface area (TPSA) is 178 Å². The molecule has 1 saturated carbocycles. The second-order valence-electron chi connectivity index (χ2n) is 20.5. The maximum Gasteiger partial charge on any atom is 0.185 e. The van der Waals surface area contributed by atoms with Crippen molar-refractivity contribution in [3.63, 3.8) is 0 Å². The van der Waals surface area contributed by atoms with Gasteiger partial charge >= 0.3 is 0 Å². The third-order valence-corrected chi connectivity index (χ3v) is 15.4. The van der Waals surface area contributed by atoms with E-state index in [9.17, 15) is 25.2 Å². The molecule has 2 aromatic carbocycles. The van der Waals surface area contributed by atoms with E-state index in [4.69, 9.17) is 38.4 Å². The molecule has 3 fully saturated rings. The smallest absolute Gasteiger partial charge is 0.185 e. The van der Waals surface area contributed by atoms with E-state index < -0.39 is 102 Å². The van der Waals surface area contributed by atoms with Gasteiger partial charge in [0, 0.05) is 56.8 Å². The predicted molar refractivity (Wildman–Crippen MR) is 253 cm³/mol. The van der Waals surface area contributed by atoms with Gasteiger partial charge < -0.3 is 58.6 Å². The van der Waals surface area contributed by atoms with Crippen molar-refractivity contribution in [1.29, 1.82) is 0 Å². The number of aliphatic hydroxyl groups is 4. The van der Waals surface area contributed by atoms with Crippen molar-refractivity contribution in [1.82, 2.24) is 4.90 Å². The Labute approximate surface area is 394 Å². The molecule has 2 aromatic rings. The van der Waals surface area contributed by atoms with Gasteiger partial charge in [0.2, 0.25) is 0 Å². The maximum absolute atomic E-state index is 14.9. The lowest BCUT2D eigenvalue weighted by molar-refractivity contribution is -0.318. The summed E-state index contributed by atoms with van der Waals surface area (Å²) in [4.78, 5) is 23.4. The van der Waals surface area contributed by atoms with E-state index >= 15 is 0 Å². The molecule has 0 aromatic heterocycles. The van der Waals surface area contributed by atoms with Crippen molar-refractivity contribution < 1.29 is 58.5 Å². The number of ketones is 1. The van der Waals surface area contributed by atoms with E-state index in [1.807, 2.05) is 135 Å². The molecule has 2 saturated heterocycles. The van der Waals surface area contributed by atoms with Gasteiger partial charge in [0.05, 0.1) is 53.0 Å². The number of nitrogens with zero attached hydrogens (tertiary/aromatic N) is 2. The number of ether oxygens (including phenoxy) is 6. The lowest BCUT2D eigenvalue weighted by Crippen LogP contribution is -2.61. The van der Waals surface area contributed by atoms with Crippen molar-refractivity contribution in [3.8, 4) is 0 Å². The highest BCUT2D eigenvalue weighted by Gasteiger charge is 2.53. The fraction of sp³-hybridized carbons (Fsp3) is 0.731. The van der Waals surface area contributed by atoms with E-state index in [1.165, 1.54) is 0 Å². The fourth-order valence-electron chi connectivity index (χ4n) is 10.9. The summed E-state index contributed by atoms with van der Waals surface area (Å²) in [5.74, 6) is -3.53. The summed E-state index contributed by atoms with van der Waals surface area (Å²) in [5, 5.41) is 52.8. The average Bonchev–Trinajstić information content (AvgIpc) is 3.29.